The molecule has 5 nitrogen and oxygen atoms in total. The fourth-order valence-corrected chi connectivity index (χ4v) is 5.25. The van der Waals surface area contributed by atoms with Crippen LogP contribution in [0.15, 0.2) is 36.4 Å². The van der Waals surface area contributed by atoms with E-state index in [1.165, 1.54) is 4.90 Å². The number of anilines is 3. The number of amides is 2. The molecule has 0 N–H and O–H groups in total. The number of rotatable bonds is 8. The first-order valence-electron chi connectivity index (χ1n) is 12.9. The van der Waals surface area contributed by atoms with Gasteiger partial charge in [-0.25, -0.2) is 13.6 Å². The number of halogens is 2. The summed E-state index contributed by atoms with van der Waals surface area (Å²) in [6, 6.07) is 8.99. The van der Waals surface area contributed by atoms with E-state index in [9.17, 15) is 13.6 Å². The van der Waals surface area contributed by atoms with Gasteiger partial charge in [-0.1, -0.05) is 40.7 Å². The number of carbonyl (C=O) groups is 1. The Labute approximate surface area is 216 Å². The molecule has 0 radical (unpaired) electrons. The van der Waals surface area contributed by atoms with Crippen LogP contribution in [0.5, 0.6) is 0 Å². The summed E-state index contributed by atoms with van der Waals surface area (Å²) >= 11 is 0. The van der Waals surface area contributed by atoms with E-state index in [2.05, 4.69) is 51.8 Å². The first kappa shape index (κ1) is 28.1. The molecule has 1 aliphatic rings. The summed E-state index contributed by atoms with van der Waals surface area (Å²) in [7, 11) is -1.95. The zero-order chi connectivity index (χ0) is 26.8. The molecule has 0 spiro atoms. The molecule has 1 atom stereocenters. The number of nitrogens with zero attached hydrogens (tertiary/aromatic N) is 3. The Bertz CT molecular complexity index is 1090. The van der Waals surface area contributed by atoms with E-state index in [-0.39, 0.29) is 29.5 Å². The monoisotopic (exact) mass is 517 g/mol. The summed E-state index contributed by atoms with van der Waals surface area (Å²) in [4.78, 5) is 19.2. The van der Waals surface area contributed by atoms with Crippen molar-refractivity contribution >= 4 is 31.4 Å². The van der Waals surface area contributed by atoms with Gasteiger partial charge in [-0.15, -0.1) is 0 Å². The highest BCUT2D eigenvalue weighted by atomic mass is 28.4. The van der Waals surface area contributed by atoms with Gasteiger partial charge in [-0.2, -0.15) is 0 Å². The molecule has 0 aromatic heterocycles. The molecule has 1 heterocycles. The molecule has 1 unspecified atom stereocenters. The van der Waals surface area contributed by atoms with Gasteiger partial charge in [0.2, 0.25) is 0 Å². The van der Waals surface area contributed by atoms with E-state index in [4.69, 9.17) is 4.43 Å². The summed E-state index contributed by atoms with van der Waals surface area (Å²) in [6.07, 6.45) is 1.26. The zero-order valence-electron chi connectivity index (χ0n) is 23.0. The summed E-state index contributed by atoms with van der Waals surface area (Å²) in [5, 5.41) is 0.0911. The molecule has 3 rings (SSSR count). The van der Waals surface area contributed by atoms with Gasteiger partial charge >= 0.3 is 6.03 Å². The average molecular weight is 518 g/mol. The maximum absolute atomic E-state index is 14.8. The minimum atomic E-state index is -1.95. The fourth-order valence-electron chi connectivity index (χ4n) is 4.29. The first-order valence-corrected chi connectivity index (χ1v) is 15.8. The third-order valence-corrected chi connectivity index (χ3v) is 11.9. The van der Waals surface area contributed by atoms with Crippen LogP contribution in [0.2, 0.25) is 18.1 Å². The van der Waals surface area contributed by atoms with Gasteiger partial charge in [0, 0.05) is 19.2 Å². The van der Waals surface area contributed by atoms with Crippen LogP contribution in [0.1, 0.15) is 59.9 Å². The van der Waals surface area contributed by atoms with Crippen molar-refractivity contribution in [3.63, 3.8) is 0 Å². The second-order valence-electron chi connectivity index (χ2n) is 11.1. The van der Waals surface area contributed by atoms with Gasteiger partial charge in [0.25, 0.3) is 0 Å². The Balaban J connectivity index is 2.01. The Morgan fingerprint density at radius 2 is 1.75 bits per heavy atom. The largest absolute Gasteiger partial charge is 0.413 e. The van der Waals surface area contributed by atoms with E-state index in [1.54, 1.807) is 4.90 Å². The van der Waals surface area contributed by atoms with E-state index < -0.39 is 20.0 Å². The fraction of sp³-hybridized carbons (Fsp3) is 0.536. The van der Waals surface area contributed by atoms with Crippen LogP contribution >= 0.6 is 0 Å². The van der Waals surface area contributed by atoms with Crippen molar-refractivity contribution < 1.29 is 18.0 Å². The lowest BCUT2D eigenvalue weighted by atomic mass is 10.1. The summed E-state index contributed by atoms with van der Waals surface area (Å²) in [6.45, 7) is 18.6. The van der Waals surface area contributed by atoms with E-state index >= 15 is 0 Å². The molecule has 1 aliphatic heterocycles. The van der Waals surface area contributed by atoms with E-state index in [0.717, 1.165) is 48.1 Å². The van der Waals surface area contributed by atoms with Crippen LogP contribution in [0, 0.1) is 11.6 Å². The highest BCUT2D eigenvalue weighted by Gasteiger charge is 2.40. The highest BCUT2D eigenvalue weighted by molar-refractivity contribution is 6.74. The lowest BCUT2D eigenvalue weighted by Crippen LogP contribution is -2.51. The SMILES string of the molecule is CCCN(C(=O)N1c2cc(CO[Si](C)(C)C(C)(C)C)ccc2N(CCC)C1C)c1cc(F)ccc1F. The Morgan fingerprint density at radius 3 is 2.36 bits per heavy atom. The van der Waals surface area contributed by atoms with Gasteiger partial charge in [0.15, 0.2) is 8.32 Å². The molecule has 2 amide bonds. The Morgan fingerprint density at radius 1 is 1.06 bits per heavy atom. The van der Waals surface area contributed by atoms with Crippen molar-refractivity contribution in [3.05, 3.63) is 53.6 Å². The van der Waals surface area contributed by atoms with Gasteiger partial charge in [-0.05, 0) is 67.7 Å². The average Bonchev–Trinajstić information content (AvgIpc) is 3.07. The summed E-state index contributed by atoms with van der Waals surface area (Å²) in [5.74, 6) is -1.19. The molecular formula is C28H41F2N3O2Si. The van der Waals surface area contributed by atoms with E-state index in [1.807, 2.05) is 26.0 Å². The van der Waals surface area contributed by atoms with Crippen LogP contribution in [0.4, 0.5) is 30.6 Å². The van der Waals surface area contributed by atoms with Crippen molar-refractivity contribution in [2.45, 2.75) is 85.3 Å². The predicted octanol–water partition coefficient (Wildman–Crippen LogP) is 7.91. The summed E-state index contributed by atoms with van der Waals surface area (Å²) < 4.78 is 35.2. The number of carbonyl (C=O) groups excluding carboxylic acids is 1. The molecule has 2 aromatic rings. The van der Waals surface area contributed by atoms with Gasteiger partial charge in [0.1, 0.15) is 17.8 Å². The van der Waals surface area contributed by atoms with Crippen LogP contribution in [0.25, 0.3) is 0 Å². The van der Waals surface area contributed by atoms with Gasteiger partial charge in [0.05, 0.1) is 23.7 Å². The lowest BCUT2D eigenvalue weighted by molar-refractivity contribution is 0.249. The molecule has 8 heteroatoms. The molecule has 0 bridgehead atoms. The molecule has 0 aliphatic carbocycles. The first-order chi connectivity index (χ1) is 16.8. The standard InChI is InChI=1S/C28H41F2N3O2Si/c1-9-15-31-20(3)33(27(34)32(16-10-2)25-18-22(29)12-13-23(25)30)26-17-21(11-14-24(26)31)19-35-36(7,8)28(4,5)6/h11-14,17-18,20H,9-10,15-16,19H2,1-8H3. The van der Waals surface area contributed by atoms with Crippen molar-refractivity contribution in [1.82, 2.24) is 0 Å². The number of hydrogen-bond acceptors (Lipinski definition) is 3. The van der Waals surface area contributed by atoms with Gasteiger partial charge in [-0.3, -0.25) is 9.80 Å². The number of benzene rings is 2. The zero-order valence-corrected chi connectivity index (χ0v) is 24.0. The van der Waals surface area contributed by atoms with Gasteiger partial charge < -0.3 is 9.33 Å². The summed E-state index contributed by atoms with van der Waals surface area (Å²) in [5.41, 5.74) is 2.68. The molecule has 0 fully saturated rings. The maximum atomic E-state index is 14.8. The minimum absolute atomic E-state index is 0.0399. The van der Waals surface area contributed by atoms with E-state index in [0.29, 0.717) is 13.0 Å². The van der Waals surface area contributed by atoms with Crippen molar-refractivity contribution in [3.8, 4) is 0 Å². The van der Waals surface area contributed by atoms with Crippen LogP contribution in [0.3, 0.4) is 0 Å². The van der Waals surface area contributed by atoms with Crippen LogP contribution < -0.4 is 14.7 Å². The van der Waals surface area contributed by atoms with Crippen molar-refractivity contribution in [1.29, 1.82) is 0 Å². The Kier molecular flexibility index (Phi) is 8.50. The number of urea groups is 1. The van der Waals surface area contributed by atoms with Crippen molar-refractivity contribution in [2.75, 3.05) is 27.8 Å². The predicted molar refractivity (Wildman–Crippen MR) is 147 cm³/mol. The smallest absolute Gasteiger partial charge is 0.330 e. The molecule has 2 aromatic carbocycles. The number of fused-ring (bicyclic) bond motifs is 1. The van der Waals surface area contributed by atoms with Crippen molar-refractivity contribution in [2.24, 2.45) is 0 Å². The molecule has 0 saturated heterocycles. The quantitative estimate of drug-likeness (QED) is 0.334. The third kappa shape index (κ3) is 5.59. The highest BCUT2D eigenvalue weighted by Crippen LogP contribution is 2.42. The maximum Gasteiger partial charge on any atom is 0.330 e. The third-order valence-electron chi connectivity index (χ3n) is 7.39. The molecule has 36 heavy (non-hydrogen) atoms. The number of hydrogen-bond donors (Lipinski definition) is 0. The van der Waals surface area contributed by atoms with Crippen LogP contribution in [-0.4, -0.2) is 33.6 Å². The Hall–Kier alpha value is -2.45. The molecular weight excluding hydrogens is 476 g/mol. The molecule has 198 valence electrons. The second-order valence-corrected chi connectivity index (χ2v) is 15.9. The topological polar surface area (TPSA) is 36.0 Å². The van der Waals surface area contributed by atoms with Crippen LogP contribution in [-0.2, 0) is 11.0 Å². The second kappa shape index (κ2) is 10.9. The molecule has 0 saturated carbocycles. The normalized spacial score (nSPS) is 15.9. The minimum Gasteiger partial charge on any atom is -0.413 e. The lowest BCUT2D eigenvalue weighted by Gasteiger charge is -2.36.